The summed E-state index contributed by atoms with van der Waals surface area (Å²) in [5, 5.41) is 3.46. The highest BCUT2D eigenvalue weighted by atomic mass is 16.5. The summed E-state index contributed by atoms with van der Waals surface area (Å²) in [6.45, 7) is 11.5. The lowest BCUT2D eigenvalue weighted by atomic mass is 9.70. The number of hydrogen-bond acceptors (Lipinski definition) is 6. The van der Waals surface area contributed by atoms with Gasteiger partial charge < -0.3 is 20.6 Å². The summed E-state index contributed by atoms with van der Waals surface area (Å²) in [5.74, 6) is 0.583. The molecule has 0 amide bonds. The van der Waals surface area contributed by atoms with Crippen LogP contribution in [0.15, 0.2) is 36.7 Å². The molecule has 3 N–H and O–H groups in total. The molecule has 152 valence electrons. The maximum Gasteiger partial charge on any atom is 0.277 e. The lowest BCUT2D eigenvalue weighted by molar-refractivity contribution is 0.180. The first-order chi connectivity index (χ1) is 14.2. The van der Waals surface area contributed by atoms with Crippen LogP contribution in [-0.2, 0) is 5.54 Å². The lowest BCUT2D eigenvalue weighted by Crippen LogP contribution is -2.46. The highest BCUT2D eigenvalue weighted by molar-refractivity contribution is 5.67. The number of nitrogen functional groups attached to an aromatic ring is 1. The normalized spacial score (nSPS) is 24.3. The molecule has 0 bridgehead atoms. The molecule has 7 heteroatoms. The van der Waals surface area contributed by atoms with Gasteiger partial charge in [-0.25, -0.2) is 11.6 Å². The quantitative estimate of drug-likeness (QED) is 0.704. The molecule has 2 aromatic heterocycles. The van der Waals surface area contributed by atoms with Crippen molar-refractivity contribution in [2.24, 2.45) is 0 Å². The van der Waals surface area contributed by atoms with E-state index in [1.165, 1.54) is 19.3 Å². The third-order valence-corrected chi connectivity index (χ3v) is 5.90. The Balaban J connectivity index is 1.32. The topological polar surface area (TPSA) is 80.7 Å². The average Bonchev–Trinajstić information content (AvgIpc) is 2.74. The zero-order valence-electron chi connectivity index (χ0n) is 16.7. The summed E-state index contributed by atoms with van der Waals surface area (Å²) in [5.41, 5.74) is 7.83. The van der Waals surface area contributed by atoms with Crippen LogP contribution >= 0.6 is 0 Å². The number of nitrogens with zero attached hydrogens (tertiary/aromatic N) is 4. The van der Waals surface area contributed by atoms with Gasteiger partial charge in [-0.15, -0.1) is 0 Å². The summed E-state index contributed by atoms with van der Waals surface area (Å²) in [4.78, 5) is 15.0. The zero-order chi connectivity index (χ0) is 20.1. The maximum atomic E-state index is 7.65. The maximum absolute atomic E-state index is 7.65. The summed E-state index contributed by atoms with van der Waals surface area (Å²) in [6.07, 6.45) is 8.69. The van der Waals surface area contributed by atoms with Crippen LogP contribution in [0.5, 0.6) is 5.88 Å². The molecule has 0 spiro atoms. The Hall–Kier alpha value is -2.85. The molecule has 2 aromatic rings. The Bertz CT molecular complexity index is 853. The molecule has 0 unspecified atom stereocenters. The summed E-state index contributed by atoms with van der Waals surface area (Å²) < 4.78 is 5.86. The molecule has 1 saturated carbocycles. The lowest BCUT2D eigenvalue weighted by Gasteiger charge is -2.38. The van der Waals surface area contributed by atoms with Crippen LogP contribution in [0.3, 0.4) is 0 Å². The van der Waals surface area contributed by atoms with Crippen LogP contribution in [0.1, 0.15) is 37.8 Å². The molecule has 29 heavy (non-hydrogen) atoms. The first kappa shape index (κ1) is 19.5. The Labute approximate surface area is 172 Å². The smallest absolute Gasteiger partial charge is 0.277 e. The molecule has 2 aliphatic rings. The van der Waals surface area contributed by atoms with Crippen molar-refractivity contribution in [1.82, 2.24) is 14.9 Å². The number of rotatable bonds is 7. The molecule has 1 aliphatic carbocycles. The second kappa shape index (κ2) is 8.66. The molecule has 0 atom stereocenters. The van der Waals surface area contributed by atoms with Crippen LogP contribution in [0, 0.1) is 6.57 Å². The van der Waals surface area contributed by atoms with Gasteiger partial charge in [0.05, 0.1) is 30.4 Å². The van der Waals surface area contributed by atoms with Crippen molar-refractivity contribution in [2.75, 3.05) is 37.3 Å². The first-order valence-electron chi connectivity index (χ1n) is 10.4. The third-order valence-electron chi connectivity index (χ3n) is 5.90. The summed E-state index contributed by atoms with van der Waals surface area (Å²) >= 11 is 0. The Morgan fingerprint density at radius 2 is 2.07 bits per heavy atom. The van der Waals surface area contributed by atoms with E-state index in [4.69, 9.17) is 17.0 Å². The number of nitrogens with two attached hydrogens (primary N) is 1. The van der Waals surface area contributed by atoms with Crippen LogP contribution < -0.4 is 15.8 Å². The van der Waals surface area contributed by atoms with Gasteiger partial charge in [-0.05, 0) is 38.1 Å². The van der Waals surface area contributed by atoms with Crippen molar-refractivity contribution in [2.45, 2.75) is 43.7 Å². The van der Waals surface area contributed by atoms with Crippen molar-refractivity contribution >= 4 is 11.4 Å². The fraction of sp³-hybridized carbons (Fsp3) is 0.500. The highest BCUT2D eigenvalue weighted by Crippen LogP contribution is 2.46. The average molecular weight is 393 g/mol. The fourth-order valence-corrected chi connectivity index (χ4v) is 4.19. The number of ether oxygens (including phenoxy) is 1. The molecule has 7 nitrogen and oxygen atoms in total. The van der Waals surface area contributed by atoms with E-state index >= 15 is 0 Å². The van der Waals surface area contributed by atoms with E-state index < -0.39 is 5.54 Å². The monoisotopic (exact) mass is 392 g/mol. The number of pyridine rings is 2. The van der Waals surface area contributed by atoms with Crippen molar-refractivity contribution < 1.29 is 4.74 Å². The highest BCUT2D eigenvalue weighted by Gasteiger charge is 2.53. The Morgan fingerprint density at radius 1 is 1.24 bits per heavy atom. The van der Waals surface area contributed by atoms with Crippen LogP contribution in [0.4, 0.5) is 11.4 Å². The standard InChI is InChI=1S/C22H28N6O/c1-24-22(20-7-3-4-8-25-20)14-17(15-22)27-19-13-21(26-16-18(19)23)29-12-11-28-9-5-2-6-10-28/h3-4,7-8,13,16-17H,2,5-6,9-12,14-15,23H2,(H,26,27). The third kappa shape index (κ3) is 4.43. The van der Waals surface area contributed by atoms with Crippen molar-refractivity contribution in [3.8, 4) is 5.88 Å². The molecule has 4 rings (SSSR count). The second-order valence-corrected chi connectivity index (χ2v) is 7.97. The van der Waals surface area contributed by atoms with Gasteiger partial charge in [0.2, 0.25) is 5.88 Å². The number of hydrogen-bond donors (Lipinski definition) is 2. The van der Waals surface area contributed by atoms with Gasteiger partial charge in [-0.1, -0.05) is 12.5 Å². The van der Waals surface area contributed by atoms with Crippen LogP contribution in [0.25, 0.3) is 4.85 Å². The van der Waals surface area contributed by atoms with Crippen molar-refractivity contribution in [3.63, 3.8) is 0 Å². The van der Waals surface area contributed by atoms with E-state index in [9.17, 15) is 0 Å². The van der Waals surface area contributed by atoms with E-state index in [2.05, 4.69) is 25.0 Å². The van der Waals surface area contributed by atoms with Crippen LogP contribution in [-0.4, -0.2) is 47.2 Å². The summed E-state index contributed by atoms with van der Waals surface area (Å²) in [6, 6.07) is 7.79. The van der Waals surface area contributed by atoms with E-state index in [0.717, 1.165) is 31.0 Å². The number of aromatic nitrogens is 2. The Kier molecular flexibility index (Phi) is 5.81. The number of nitrogens with one attached hydrogen (secondary N) is 1. The minimum absolute atomic E-state index is 0.178. The van der Waals surface area contributed by atoms with Gasteiger partial charge in [0.1, 0.15) is 12.3 Å². The predicted octanol–water partition coefficient (Wildman–Crippen LogP) is 3.31. The molecule has 1 saturated heterocycles. The predicted molar refractivity (Wildman–Crippen MR) is 114 cm³/mol. The number of piperidine rings is 1. The van der Waals surface area contributed by atoms with Gasteiger partial charge in [-0.3, -0.25) is 9.88 Å². The molecule has 2 fully saturated rings. The van der Waals surface area contributed by atoms with Gasteiger partial charge in [0.25, 0.3) is 5.54 Å². The van der Waals surface area contributed by atoms with Crippen molar-refractivity contribution in [3.05, 3.63) is 53.8 Å². The van der Waals surface area contributed by atoms with Gasteiger partial charge >= 0.3 is 0 Å². The molecular formula is C22H28N6O. The fourth-order valence-electron chi connectivity index (χ4n) is 4.19. The minimum atomic E-state index is -0.533. The molecule has 0 radical (unpaired) electrons. The number of likely N-dealkylation sites (tertiary alicyclic amines) is 1. The summed E-state index contributed by atoms with van der Waals surface area (Å²) in [7, 11) is 0. The first-order valence-corrected chi connectivity index (χ1v) is 10.4. The van der Waals surface area contributed by atoms with E-state index in [-0.39, 0.29) is 6.04 Å². The second-order valence-electron chi connectivity index (χ2n) is 7.97. The minimum Gasteiger partial charge on any atom is -0.476 e. The largest absolute Gasteiger partial charge is 0.476 e. The number of anilines is 2. The zero-order valence-corrected chi connectivity index (χ0v) is 16.7. The van der Waals surface area contributed by atoms with Crippen molar-refractivity contribution in [1.29, 1.82) is 0 Å². The Morgan fingerprint density at radius 3 is 2.79 bits per heavy atom. The SMILES string of the molecule is [C-]#[N+]C1(c2ccccn2)CC(Nc2cc(OCCN3CCCCC3)ncc2N)C1. The van der Waals surface area contributed by atoms with Gasteiger partial charge in [-0.2, -0.15) is 0 Å². The molecule has 3 heterocycles. The molecule has 0 aromatic carbocycles. The van der Waals surface area contributed by atoms with Gasteiger partial charge in [0, 0.05) is 24.8 Å². The van der Waals surface area contributed by atoms with E-state index in [0.29, 0.717) is 31.0 Å². The van der Waals surface area contributed by atoms with E-state index in [1.54, 1.807) is 12.4 Å². The van der Waals surface area contributed by atoms with Gasteiger partial charge in [0.15, 0.2) is 0 Å². The van der Waals surface area contributed by atoms with Crippen LogP contribution in [0.2, 0.25) is 0 Å². The molecule has 1 aliphatic heterocycles. The molecular weight excluding hydrogens is 364 g/mol. The van der Waals surface area contributed by atoms with E-state index in [1.807, 2.05) is 24.3 Å².